The molecule has 1 aromatic carbocycles. The van der Waals surface area contributed by atoms with Crippen LogP contribution < -0.4 is 10.4 Å². The maximum Gasteiger partial charge on any atom is 0.0757 e. The van der Waals surface area contributed by atoms with Gasteiger partial charge in [0.05, 0.1) is 16.4 Å². The zero-order valence-corrected chi connectivity index (χ0v) is 14.2. The summed E-state index contributed by atoms with van der Waals surface area (Å²) in [6, 6.07) is 14.1. The van der Waals surface area contributed by atoms with Crippen molar-refractivity contribution < 1.29 is 0 Å². The smallest absolute Gasteiger partial charge is 0.0757 e. The SMILES string of the molecule is CC1NN(c2ccccc2Cl)C=C1CN(C)Cc1ccccn1. The summed E-state index contributed by atoms with van der Waals surface area (Å²) in [6.07, 6.45) is 3.97. The highest BCUT2D eigenvalue weighted by molar-refractivity contribution is 6.33. The van der Waals surface area contributed by atoms with Crippen molar-refractivity contribution in [1.82, 2.24) is 15.3 Å². The summed E-state index contributed by atoms with van der Waals surface area (Å²) in [7, 11) is 2.11. The minimum absolute atomic E-state index is 0.275. The number of benzene rings is 1. The van der Waals surface area contributed by atoms with Crippen molar-refractivity contribution in [3.63, 3.8) is 0 Å². The second kappa shape index (κ2) is 7.13. The molecule has 23 heavy (non-hydrogen) atoms. The highest BCUT2D eigenvalue weighted by Crippen LogP contribution is 2.28. The second-order valence-electron chi connectivity index (χ2n) is 5.87. The fraction of sp³-hybridized carbons (Fsp3) is 0.278. The van der Waals surface area contributed by atoms with Crippen LogP contribution in [-0.4, -0.2) is 29.5 Å². The van der Waals surface area contributed by atoms with Gasteiger partial charge in [-0.25, -0.2) is 5.43 Å². The van der Waals surface area contributed by atoms with Crippen LogP contribution >= 0.6 is 11.6 Å². The molecule has 2 aromatic rings. The molecular weight excluding hydrogens is 308 g/mol. The number of hydrogen-bond acceptors (Lipinski definition) is 4. The Balaban J connectivity index is 1.67. The van der Waals surface area contributed by atoms with Crippen molar-refractivity contribution >= 4 is 17.3 Å². The van der Waals surface area contributed by atoms with Crippen LogP contribution in [0.3, 0.4) is 0 Å². The predicted molar refractivity (Wildman–Crippen MR) is 95.2 cm³/mol. The molecule has 0 amide bonds. The first-order chi connectivity index (χ1) is 11.1. The summed E-state index contributed by atoms with van der Waals surface area (Å²) in [5, 5.41) is 2.75. The minimum atomic E-state index is 0.275. The Hall–Kier alpha value is -1.88. The Kier molecular flexibility index (Phi) is 4.96. The molecule has 0 radical (unpaired) electrons. The summed E-state index contributed by atoms with van der Waals surface area (Å²) in [4.78, 5) is 6.65. The normalized spacial score (nSPS) is 17.7. The van der Waals surface area contributed by atoms with E-state index in [0.717, 1.165) is 29.5 Å². The monoisotopic (exact) mass is 328 g/mol. The molecule has 4 nitrogen and oxygen atoms in total. The van der Waals surface area contributed by atoms with Crippen LogP contribution in [0.5, 0.6) is 0 Å². The Bertz CT molecular complexity index is 686. The van der Waals surface area contributed by atoms with Gasteiger partial charge in [0.15, 0.2) is 0 Å². The maximum atomic E-state index is 6.28. The van der Waals surface area contributed by atoms with Crippen molar-refractivity contribution in [2.75, 3.05) is 18.6 Å². The summed E-state index contributed by atoms with van der Waals surface area (Å²) in [5.74, 6) is 0. The molecule has 3 rings (SSSR count). The number of para-hydroxylation sites is 1. The van der Waals surface area contributed by atoms with E-state index in [1.54, 1.807) is 0 Å². The molecule has 0 fully saturated rings. The molecule has 0 bridgehead atoms. The first kappa shape index (κ1) is 16.0. The Labute approximate surface area is 142 Å². The average molecular weight is 329 g/mol. The molecule has 1 aliphatic heterocycles. The summed E-state index contributed by atoms with van der Waals surface area (Å²) in [6.45, 7) is 3.87. The van der Waals surface area contributed by atoms with E-state index >= 15 is 0 Å². The Morgan fingerprint density at radius 2 is 1.96 bits per heavy atom. The van der Waals surface area contributed by atoms with Crippen LogP contribution in [0.4, 0.5) is 5.69 Å². The van der Waals surface area contributed by atoms with Gasteiger partial charge < -0.3 is 0 Å². The van der Waals surface area contributed by atoms with E-state index in [1.807, 2.05) is 47.6 Å². The van der Waals surface area contributed by atoms with Gasteiger partial charge in [-0.15, -0.1) is 0 Å². The van der Waals surface area contributed by atoms with Gasteiger partial charge in [-0.2, -0.15) is 0 Å². The van der Waals surface area contributed by atoms with Gasteiger partial charge in [-0.05, 0) is 43.8 Å². The van der Waals surface area contributed by atoms with Gasteiger partial charge in [0.25, 0.3) is 0 Å². The van der Waals surface area contributed by atoms with E-state index < -0.39 is 0 Å². The molecule has 0 spiro atoms. The van der Waals surface area contributed by atoms with E-state index in [2.05, 4.69) is 41.5 Å². The summed E-state index contributed by atoms with van der Waals surface area (Å²) >= 11 is 6.28. The Morgan fingerprint density at radius 3 is 2.70 bits per heavy atom. The average Bonchev–Trinajstić information content (AvgIpc) is 2.89. The topological polar surface area (TPSA) is 31.4 Å². The van der Waals surface area contributed by atoms with E-state index in [9.17, 15) is 0 Å². The molecule has 1 N–H and O–H groups in total. The van der Waals surface area contributed by atoms with Crippen LogP contribution in [-0.2, 0) is 6.54 Å². The van der Waals surface area contributed by atoms with Gasteiger partial charge in [-0.1, -0.05) is 29.8 Å². The fourth-order valence-corrected chi connectivity index (χ4v) is 2.93. The lowest BCUT2D eigenvalue weighted by molar-refractivity contribution is 0.344. The molecule has 120 valence electrons. The zero-order chi connectivity index (χ0) is 16.2. The molecule has 1 aliphatic rings. The van der Waals surface area contributed by atoms with Crippen molar-refractivity contribution in [3.05, 3.63) is 71.2 Å². The third kappa shape index (κ3) is 3.91. The van der Waals surface area contributed by atoms with Gasteiger partial charge in [0.2, 0.25) is 0 Å². The molecule has 1 aromatic heterocycles. The molecule has 1 atom stereocenters. The first-order valence-corrected chi connectivity index (χ1v) is 8.10. The second-order valence-corrected chi connectivity index (χ2v) is 6.28. The van der Waals surface area contributed by atoms with Crippen LogP contribution in [0.15, 0.2) is 60.4 Å². The highest BCUT2D eigenvalue weighted by atomic mass is 35.5. The van der Waals surface area contributed by atoms with Crippen LogP contribution in [0.2, 0.25) is 5.02 Å². The lowest BCUT2D eigenvalue weighted by Gasteiger charge is -2.20. The fourth-order valence-electron chi connectivity index (χ4n) is 2.71. The van der Waals surface area contributed by atoms with E-state index in [1.165, 1.54) is 5.57 Å². The number of halogens is 1. The number of aromatic nitrogens is 1. The lowest BCUT2D eigenvalue weighted by Crippen LogP contribution is -2.35. The lowest BCUT2D eigenvalue weighted by atomic mass is 10.1. The highest BCUT2D eigenvalue weighted by Gasteiger charge is 2.22. The number of hydrazine groups is 1. The number of hydrogen-bond donors (Lipinski definition) is 1. The molecule has 2 heterocycles. The van der Waals surface area contributed by atoms with Gasteiger partial charge in [0, 0.05) is 31.5 Å². The van der Waals surface area contributed by atoms with Crippen molar-refractivity contribution in [3.8, 4) is 0 Å². The van der Waals surface area contributed by atoms with Crippen molar-refractivity contribution in [2.45, 2.75) is 19.5 Å². The van der Waals surface area contributed by atoms with Crippen LogP contribution in [0.1, 0.15) is 12.6 Å². The number of likely N-dealkylation sites (N-methyl/N-ethyl adjacent to an activating group) is 1. The molecule has 1 unspecified atom stereocenters. The van der Waals surface area contributed by atoms with E-state index in [4.69, 9.17) is 11.6 Å². The van der Waals surface area contributed by atoms with Crippen molar-refractivity contribution in [2.24, 2.45) is 0 Å². The maximum absolute atomic E-state index is 6.28. The molecule has 0 aliphatic carbocycles. The van der Waals surface area contributed by atoms with Gasteiger partial charge in [0.1, 0.15) is 0 Å². The molecule has 0 saturated heterocycles. The van der Waals surface area contributed by atoms with Gasteiger partial charge >= 0.3 is 0 Å². The largest absolute Gasteiger partial charge is 0.296 e. The number of anilines is 1. The van der Waals surface area contributed by atoms with Gasteiger partial charge in [-0.3, -0.25) is 14.9 Å². The number of nitrogens with one attached hydrogen (secondary N) is 1. The number of nitrogens with zero attached hydrogens (tertiary/aromatic N) is 3. The standard InChI is InChI=1S/C18H21ClN4/c1-14-15(11-22(2)13-16-7-5-6-10-20-16)12-23(21-14)18-9-4-3-8-17(18)19/h3-10,12,14,21H,11,13H2,1-2H3. The minimum Gasteiger partial charge on any atom is -0.296 e. The van der Waals surface area contributed by atoms with E-state index in [0.29, 0.717) is 0 Å². The van der Waals surface area contributed by atoms with E-state index in [-0.39, 0.29) is 6.04 Å². The number of pyridine rings is 1. The van der Waals surface area contributed by atoms with Crippen LogP contribution in [0, 0.1) is 0 Å². The third-order valence-electron chi connectivity index (χ3n) is 3.91. The summed E-state index contributed by atoms with van der Waals surface area (Å²) < 4.78 is 0. The van der Waals surface area contributed by atoms with Crippen LogP contribution in [0.25, 0.3) is 0 Å². The first-order valence-electron chi connectivity index (χ1n) is 7.72. The third-order valence-corrected chi connectivity index (χ3v) is 4.23. The van der Waals surface area contributed by atoms with Crippen molar-refractivity contribution in [1.29, 1.82) is 0 Å². The Morgan fingerprint density at radius 1 is 1.17 bits per heavy atom. The quantitative estimate of drug-likeness (QED) is 0.910. The number of rotatable bonds is 5. The summed E-state index contributed by atoms with van der Waals surface area (Å²) in [5.41, 5.74) is 6.82. The molecule has 5 heteroatoms. The zero-order valence-electron chi connectivity index (χ0n) is 13.4. The predicted octanol–water partition coefficient (Wildman–Crippen LogP) is 3.46. The molecule has 0 saturated carbocycles. The molecular formula is C18H21ClN4.